The highest BCUT2D eigenvalue weighted by Gasteiger charge is 2.21. The van der Waals surface area contributed by atoms with E-state index < -0.39 is 4.92 Å². The predicted molar refractivity (Wildman–Crippen MR) is 102 cm³/mol. The molecule has 0 amide bonds. The summed E-state index contributed by atoms with van der Waals surface area (Å²) in [5.74, 6) is 0.801. The first kappa shape index (κ1) is 16.4. The van der Waals surface area contributed by atoms with Gasteiger partial charge in [0.2, 0.25) is 5.13 Å². The van der Waals surface area contributed by atoms with Crippen molar-refractivity contribution in [2.45, 2.75) is 12.8 Å². The van der Waals surface area contributed by atoms with E-state index in [2.05, 4.69) is 16.0 Å². The van der Waals surface area contributed by atoms with Crippen LogP contribution in [0.15, 0.2) is 47.5 Å². The molecule has 4 rings (SSSR count). The van der Waals surface area contributed by atoms with E-state index in [1.807, 2.05) is 12.1 Å². The Labute approximate surface area is 154 Å². The van der Waals surface area contributed by atoms with Gasteiger partial charge in [-0.05, 0) is 36.6 Å². The van der Waals surface area contributed by atoms with Crippen molar-refractivity contribution in [1.82, 2.24) is 4.98 Å². The number of aliphatic imine (C=N–C) groups is 1. The van der Waals surface area contributed by atoms with Crippen LogP contribution in [0.3, 0.4) is 0 Å². The molecule has 0 spiro atoms. The van der Waals surface area contributed by atoms with Crippen molar-refractivity contribution in [3.8, 4) is 17.0 Å². The molecule has 0 atom stereocenters. The third-order valence-electron chi connectivity index (χ3n) is 4.33. The highest BCUT2D eigenvalue weighted by Crippen LogP contribution is 2.40. The second kappa shape index (κ2) is 6.68. The first-order valence-corrected chi connectivity index (χ1v) is 8.92. The van der Waals surface area contributed by atoms with E-state index in [1.54, 1.807) is 25.3 Å². The number of nitrogens with zero attached hydrogens (tertiary/aromatic N) is 3. The van der Waals surface area contributed by atoms with Crippen molar-refractivity contribution in [3.63, 3.8) is 0 Å². The minimum Gasteiger partial charge on any atom is -0.497 e. The zero-order valence-electron chi connectivity index (χ0n) is 14.0. The third kappa shape index (κ3) is 2.97. The number of aryl methyl sites for hydroxylation is 2. The van der Waals surface area contributed by atoms with Crippen molar-refractivity contribution in [2.75, 3.05) is 7.11 Å². The molecule has 0 saturated carbocycles. The molecule has 0 N–H and O–H groups in total. The molecular formula is C19H15N3O3S. The Morgan fingerprint density at radius 1 is 1.27 bits per heavy atom. The van der Waals surface area contributed by atoms with Gasteiger partial charge in [0, 0.05) is 22.7 Å². The minimum absolute atomic E-state index is 0.0349. The topological polar surface area (TPSA) is 77.6 Å². The van der Waals surface area contributed by atoms with E-state index in [4.69, 9.17) is 4.74 Å². The molecule has 0 bridgehead atoms. The second-order valence-electron chi connectivity index (χ2n) is 5.87. The number of methoxy groups -OCH3 is 1. The zero-order chi connectivity index (χ0) is 18.1. The van der Waals surface area contributed by atoms with Gasteiger partial charge in [-0.1, -0.05) is 29.5 Å². The lowest BCUT2D eigenvalue weighted by Crippen LogP contribution is -2.02. The van der Waals surface area contributed by atoms with Crippen LogP contribution in [-0.4, -0.2) is 23.2 Å². The number of rotatable bonds is 4. The smallest absolute Gasteiger partial charge is 0.278 e. The molecule has 0 aliphatic heterocycles. The lowest BCUT2D eigenvalue weighted by Gasteiger charge is -2.15. The van der Waals surface area contributed by atoms with Gasteiger partial charge in [0.1, 0.15) is 5.75 Å². The van der Waals surface area contributed by atoms with Crippen LogP contribution in [0.4, 0.5) is 10.8 Å². The van der Waals surface area contributed by atoms with E-state index >= 15 is 0 Å². The van der Waals surface area contributed by atoms with Gasteiger partial charge in [-0.25, -0.2) is 9.98 Å². The van der Waals surface area contributed by atoms with E-state index in [0.717, 1.165) is 29.8 Å². The van der Waals surface area contributed by atoms with Crippen molar-refractivity contribution in [2.24, 2.45) is 4.99 Å². The molecule has 130 valence electrons. The minimum atomic E-state index is -0.406. The fourth-order valence-electron chi connectivity index (χ4n) is 3.03. The van der Waals surface area contributed by atoms with Crippen LogP contribution in [-0.2, 0) is 12.8 Å². The maximum absolute atomic E-state index is 11.1. The average Bonchev–Trinajstić information content (AvgIpc) is 3.09. The fourth-order valence-corrected chi connectivity index (χ4v) is 3.95. The maximum atomic E-state index is 11.1. The van der Waals surface area contributed by atoms with Crippen LogP contribution in [0.25, 0.3) is 11.3 Å². The molecule has 2 aromatic carbocycles. The number of hydrogen-bond acceptors (Lipinski definition) is 6. The highest BCUT2D eigenvalue weighted by atomic mass is 32.1. The molecule has 7 heteroatoms. The van der Waals surface area contributed by atoms with Gasteiger partial charge in [0.05, 0.1) is 23.3 Å². The molecule has 0 saturated heterocycles. The number of nitro benzene ring substituents is 1. The number of benzene rings is 2. The summed E-state index contributed by atoms with van der Waals surface area (Å²) in [5, 5.41) is 11.7. The summed E-state index contributed by atoms with van der Waals surface area (Å²) in [5.41, 5.74) is 3.76. The summed E-state index contributed by atoms with van der Waals surface area (Å²) in [7, 11) is 1.65. The standard InChI is InChI=1S/C19H15N3O3S/c1-25-14-8-6-12-7-9-17-18(15(12)10-14)21-19(26-17)20-11-13-4-2-3-5-16(13)22(23)24/h2-6,8,10-11H,7,9H2,1H3. The van der Waals surface area contributed by atoms with Crippen LogP contribution in [0.5, 0.6) is 5.75 Å². The summed E-state index contributed by atoms with van der Waals surface area (Å²) >= 11 is 1.53. The second-order valence-corrected chi connectivity index (χ2v) is 6.93. The molecule has 1 aromatic heterocycles. The molecule has 1 heterocycles. The molecule has 3 aromatic rings. The lowest BCUT2D eigenvalue weighted by atomic mass is 9.93. The summed E-state index contributed by atoms with van der Waals surface area (Å²) in [6.07, 6.45) is 3.39. The molecule has 0 radical (unpaired) electrons. The van der Waals surface area contributed by atoms with E-state index in [-0.39, 0.29) is 5.69 Å². The molecular weight excluding hydrogens is 350 g/mol. The fraction of sp³-hybridized carbons (Fsp3) is 0.158. The van der Waals surface area contributed by atoms with Gasteiger partial charge in [-0.2, -0.15) is 0 Å². The summed E-state index contributed by atoms with van der Waals surface area (Å²) < 4.78 is 5.33. The Hall–Kier alpha value is -3.06. The average molecular weight is 365 g/mol. The SMILES string of the molecule is COc1ccc2c(c1)-c1nc(N=Cc3ccccc3[N+](=O)[O-])sc1CC2. The number of aromatic nitrogens is 1. The van der Waals surface area contributed by atoms with Crippen LogP contribution in [0, 0.1) is 10.1 Å². The number of nitro groups is 1. The molecule has 1 aliphatic rings. The van der Waals surface area contributed by atoms with Gasteiger partial charge in [0.15, 0.2) is 0 Å². The molecule has 0 fully saturated rings. The zero-order valence-corrected chi connectivity index (χ0v) is 14.8. The highest BCUT2D eigenvalue weighted by molar-refractivity contribution is 7.15. The summed E-state index contributed by atoms with van der Waals surface area (Å²) in [6, 6.07) is 12.6. The Kier molecular flexibility index (Phi) is 4.22. The van der Waals surface area contributed by atoms with Gasteiger partial charge in [-0.15, -0.1) is 0 Å². The number of thiazole rings is 1. The number of ether oxygens (including phenoxy) is 1. The Balaban J connectivity index is 1.69. The quantitative estimate of drug-likeness (QED) is 0.385. The number of fused-ring (bicyclic) bond motifs is 3. The van der Waals surface area contributed by atoms with Crippen molar-refractivity contribution < 1.29 is 9.66 Å². The lowest BCUT2D eigenvalue weighted by molar-refractivity contribution is -0.385. The summed E-state index contributed by atoms with van der Waals surface area (Å²) in [4.78, 5) is 20.9. The third-order valence-corrected chi connectivity index (χ3v) is 5.35. The van der Waals surface area contributed by atoms with Gasteiger partial charge in [0.25, 0.3) is 5.69 Å². The number of hydrogen-bond donors (Lipinski definition) is 0. The Bertz CT molecular complexity index is 1030. The van der Waals surface area contributed by atoms with Crippen LogP contribution in [0.2, 0.25) is 0 Å². The van der Waals surface area contributed by atoms with E-state index in [0.29, 0.717) is 10.7 Å². The van der Waals surface area contributed by atoms with Crippen molar-refractivity contribution >= 4 is 28.4 Å². The van der Waals surface area contributed by atoms with Crippen LogP contribution >= 0.6 is 11.3 Å². The van der Waals surface area contributed by atoms with Crippen LogP contribution < -0.4 is 4.74 Å². The van der Waals surface area contributed by atoms with E-state index in [1.165, 1.54) is 34.1 Å². The monoisotopic (exact) mass is 365 g/mol. The van der Waals surface area contributed by atoms with Gasteiger partial charge >= 0.3 is 0 Å². The Morgan fingerprint density at radius 3 is 2.92 bits per heavy atom. The molecule has 6 nitrogen and oxygen atoms in total. The first-order chi connectivity index (χ1) is 12.7. The largest absolute Gasteiger partial charge is 0.497 e. The summed E-state index contributed by atoms with van der Waals surface area (Å²) in [6.45, 7) is 0. The maximum Gasteiger partial charge on any atom is 0.278 e. The molecule has 26 heavy (non-hydrogen) atoms. The number of para-hydroxylation sites is 1. The van der Waals surface area contributed by atoms with Crippen LogP contribution in [0.1, 0.15) is 16.0 Å². The normalized spacial score (nSPS) is 12.7. The Morgan fingerprint density at radius 2 is 2.12 bits per heavy atom. The molecule has 1 aliphatic carbocycles. The van der Waals surface area contributed by atoms with Gasteiger partial charge < -0.3 is 4.74 Å². The van der Waals surface area contributed by atoms with E-state index in [9.17, 15) is 10.1 Å². The predicted octanol–water partition coefficient (Wildman–Crippen LogP) is 4.58. The van der Waals surface area contributed by atoms with Crippen molar-refractivity contribution in [1.29, 1.82) is 0 Å². The first-order valence-electron chi connectivity index (χ1n) is 8.10. The van der Waals surface area contributed by atoms with Crippen molar-refractivity contribution in [3.05, 3.63) is 68.6 Å². The van der Waals surface area contributed by atoms with Gasteiger partial charge in [-0.3, -0.25) is 10.1 Å². The molecule has 0 unspecified atom stereocenters.